The summed E-state index contributed by atoms with van der Waals surface area (Å²) in [6.45, 7) is 1.34. The Morgan fingerprint density at radius 1 is 0.636 bits per heavy atom. The van der Waals surface area contributed by atoms with Crippen molar-refractivity contribution in [1.82, 2.24) is 0 Å². The first-order chi connectivity index (χ1) is 10.7. The molecule has 114 valence electrons. The molecule has 0 amide bonds. The summed E-state index contributed by atoms with van der Waals surface area (Å²) in [5.74, 6) is 1.18. The van der Waals surface area contributed by atoms with Gasteiger partial charge in [-0.1, -0.05) is 24.3 Å². The third kappa shape index (κ3) is 2.25. The monoisotopic (exact) mass is 298 g/mol. The molecule has 4 heteroatoms. The van der Waals surface area contributed by atoms with Crippen molar-refractivity contribution in [3.8, 4) is 11.5 Å². The maximum Gasteiger partial charge on any atom is 0.115 e. The van der Waals surface area contributed by atoms with Crippen LogP contribution >= 0.6 is 0 Å². The fraction of sp³-hybridized carbons (Fsp3) is 0.333. The van der Waals surface area contributed by atoms with Crippen LogP contribution in [0.2, 0.25) is 0 Å². The summed E-state index contributed by atoms with van der Waals surface area (Å²) in [6.07, 6.45) is 0.0421. The summed E-state index contributed by atoms with van der Waals surface area (Å²) in [7, 11) is 0. The zero-order valence-electron chi connectivity index (χ0n) is 12.1. The summed E-state index contributed by atoms with van der Waals surface area (Å²) < 4.78 is 12.0. The first-order valence-corrected chi connectivity index (χ1v) is 7.53. The Balaban J connectivity index is 1.56. The van der Waals surface area contributed by atoms with E-state index in [4.69, 9.17) is 9.47 Å². The highest BCUT2D eigenvalue weighted by Crippen LogP contribution is 2.50. The van der Waals surface area contributed by atoms with Gasteiger partial charge in [0.15, 0.2) is 0 Å². The van der Waals surface area contributed by atoms with Crippen LogP contribution in [0.4, 0.5) is 0 Å². The number of fused-ring (bicyclic) bond motifs is 1. The van der Waals surface area contributed by atoms with Gasteiger partial charge in [0.05, 0.1) is 25.4 Å². The Labute approximate surface area is 128 Å². The molecule has 0 bridgehead atoms. The van der Waals surface area contributed by atoms with Crippen molar-refractivity contribution in [1.29, 1.82) is 0 Å². The van der Waals surface area contributed by atoms with Gasteiger partial charge in [0.25, 0.3) is 0 Å². The van der Waals surface area contributed by atoms with Crippen molar-refractivity contribution in [3.05, 3.63) is 59.7 Å². The van der Waals surface area contributed by atoms with Gasteiger partial charge >= 0.3 is 0 Å². The minimum absolute atomic E-state index is 0.0210. The quantitative estimate of drug-likeness (QED) is 0.894. The number of hydrogen-bond acceptors (Lipinski definition) is 4. The zero-order chi connectivity index (χ0) is 15.1. The molecule has 22 heavy (non-hydrogen) atoms. The molecule has 0 radical (unpaired) electrons. The van der Waals surface area contributed by atoms with E-state index in [1.54, 1.807) is 24.3 Å². The molecule has 2 saturated heterocycles. The van der Waals surface area contributed by atoms with Gasteiger partial charge in [-0.15, -0.1) is 0 Å². The molecule has 0 saturated carbocycles. The van der Waals surface area contributed by atoms with Crippen molar-refractivity contribution in [2.75, 3.05) is 13.2 Å². The highest BCUT2D eigenvalue weighted by atomic mass is 16.5. The fourth-order valence-corrected chi connectivity index (χ4v) is 3.56. The maximum atomic E-state index is 9.41. The topological polar surface area (TPSA) is 58.9 Å². The van der Waals surface area contributed by atoms with E-state index in [0.717, 1.165) is 11.1 Å². The summed E-state index contributed by atoms with van der Waals surface area (Å²) in [5.41, 5.74) is 2.17. The molecule has 2 aromatic carbocycles. The largest absolute Gasteiger partial charge is 0.508 e. The van der Waals surface area contributed by atoms with Crippen LogP contribution in [0.3, 0.4) is 0 Å². The molecule has 2 aromatic rings. The minimum Gasteiger partial charge on any atom is -0.508 e. The number of phenols is 2. The second-order valence-corrected chi connectivity index (χ2v) is 6.02. The molecule has 0 aromatic heterocycles. The standard InChI is InChI=1S/C18H18O4/c19-13-5-1-11(2-6-13)17-15-9-22-18(16(15)10-21-17)12-3-7-14(20)8-4-12/h1-8,15-20H,9-10H2/t15-,16-,17+,18+/m0/s1. The van der Waals surface area contributed by atoms with Gasteiger partial charge in [0, 0.05) is 11.8 Å². The van der Waals surface area contributed by atoms with Crippen LogP contribution in [0.15, 0.2) is 48.5 Å². The van der Waals surface area contributed by atoms with E-state index in [2.05, 4.69) is 0 Å². The van der Waals surface area contributed by atoms with Crippen molar-refractivity contribution in [3.63, 3.8) is 0 Å². The molecule has 2 N–H and O–H groups in total. The van der Waals surface area contributed by atoms with Crippen molar-refractivity contribution < 1.29 is 19.7 Å². The van der Waals surface area contributed by atoms with Crippen LogP contribution in [0, 0.1) is 11.8 Å². The summed E-state index contributed by atoms with van der Waals surface area (Å²) in [6, 6.07) is 14.4. The third-order valence-electron chi connectivity index (χ3n) is 4.71. The predicted octanol–water partition coefficient (Wildman–Crippen LogP) is 3.17. The minimum atomic E-state index is 0.0210. The van der Waals surface area contributed by atoms with E-state index >= 15 is 0 Å². The Hall–Kier alpha value is -2.04. The van der Waals surface area contributed by atoms with Crippen LogP contribution < -0.4 is 0 Å². The lowest BCUT2D eigenvalue weighted by Gasteiger charge is -2.16. The summed E-state index contributed by atoms with van der Waals surface area (Å²) in [5, 5.41) is 18.8. The van der Waals surface area contributed by atoms with E-state index in [0.29, 0.717) is 25.0 Å². The number of aromatic hydroxyl groups is 2. The normalized spacial score (nSPS) is 30.4. The average molecular weight is 298 g/mol. The van der Waals surface area contributed by atoms with Crippen molar-refractivity contribution in [2.24, 2.45) is 11.8 Å². The molecule has 2 heterocycles. The van der Waals surface area contributed by atoms with E-state index < -0.39 is 0 Å². The van der Waals surface area contributed by atoms with Gasteiger partial charge < -0.3 is 19.7 Å². The van der Waals surface area contributed by atoms with Crippen LogP contribution in [0.1, 0.15) is 23.3 Å². The lowest BCUT2D eigenvalue weighted by Crippen LogP contribution is -2.14. The van der Waals surface area contributed by atoms with Gasteiger partial charge in [-0.3, -0.25) is 0 Å². The molecular formula is C18H18O4. The number of rotatable bonds is 2. The zero-order valence-corrected chi connectivity index (χ0v) is 12.1. The fourth-order valence-electron chi connectivity index (χ4n) is 3.56. The van der Waals surface area contributed by atoms with Crippen LogP contribution in [-0.2, 0) is 9.47 Å². The number of hydrogen-bond donors (Lipinski definition) is 2. The second kappa shape index (κ2) is 5.30. The Kier molecular flexibility index (Phi) is 3.28. The molecule has 4 atom stereocenters. The molecule has 4 rings (SSSR count). The molecule has 0 spiro atoms. The molecule has 0 unspecified atom stereocenters. The van der Waals surface area contributed by atoms with Crippen LogP contribution in [0.5, 0.6) is 11.5 Å². The highest BCUT2D eigenvalue weighted by Gasteiger charge is 2.47. The van der Waals surface area contributed by atoms with E-state index in [1.165, 1.54) is 0 Å². The van der Waals surface area contributed by atoms with Gasteiger partial charge in [-0.05, 0) is 35.4 Å². The number of benzene rings is 2. The van der Waals surface area contributed by atoms with Gasteiger partial charge in [0.1, 0.15) is 11.5 Å². The molecule has 2 aliphatic rings. The predicted molar refractivity (Wildman–Crippen MR) is 80.6 cm³/mol. The van der Waals surface area contributed by atoms with Gasteiger partial charge in [-0.2, -0.15) is 0 Å². The lowest BCUT2D eigenvalue weighted by atomic mass is 9.85. The third-order valence-corrected chi connectivity index (χ3v) is 4.71. The number of ether oxygens (including phenoxy) is 2. The molecule has 2 fully saturated rings. The number of phenolic OH excluding ortho intramolecular Hbond substituents is 2. The van der Waals surface area contributed by atoms with E-state index in [-0.39, 0.29) is 23.7 Å². The van der Waals surface area contributed by atoms with Crippen molar-refractivity contribution in [2.45, 2.75) is 12.2 Å². The second-order valence-electron chi connectivity index (χ2n) is 6.02. The van der Waals surface area contributed by atoms with E-state index in [1.807, 2.05) is 24.3 Å². The van der Waals surface area contributed by atoms with Gasteiger partial charge in [0.2, 0.25) is 0 Å². The summed E-state index contributed by atoms with van der Waals surface area (Å²) >= 11 is 0. The van der Waals surface area contributed by atoms with Crippen molar-refractivity contribution >= 4 is 0 Å². The summed E-state index contributed by atoms with van der Waals surface area (Å²) in [4.78, 5) is 0. The smallest absolute Gasteiger partial charge is 0.115 e. The maximum absolute atomic E-state index is 9.41. The molecule has 4 nitrogen and oxygen atoms in total. The SMILES string of the molecule is Oc1ccc([C@H]2OC[C@H]3[C@@H]2CO[C@@H]3c2ccc(O)cc2)cc1. The Bertz CT molecular complexity index is 590. The van der Waals surface area contributed by atoms with E-state index in [9.17, 15) is 10.2 Å². The highest BCUT2D eigenvalue weighted by molar-refractivity contribution is 5.31. The Morgan fingerprint density at radius 2 is 1.00 bits per heavy atom. The van der Waals surface area contributed by atoms with Gasteiger partial charge in [-0.25, -0.2) is 0 Å². The van der Waals surface area contributed by atoms with Crippen LogP contribution in [-0.4, -0.2) is 23.4 Å². The molecule has 2 aliphatic heterocycles. The first kappa shape index (κ1) is 13.6. The molecular weight excluding hydrogens is 280 g/mol. The van der Waals surface area contributed by atoms with Crippen LogP contribution in [0.25, 0.3) is 0 Å². The lowest BCUT2D eigenvalue weighted by molar-refractivity contribution is 0.0193. The molecule has 0 aliphatic carbocycles. The average Bonchev–Trinajstić information content (AvgIpc) is 3.11. The Morgan fingerprint density at radius 3 is 1.36 bits per heavy atom. The first-order valence-electron chi connectivity index (χ1n) is 7.53.